The normalized spacial score (nSPS) is 11.0. The van der Waals surface area contributed by atoms with E-state index in [-0.39, 0.29) is 0 Å². The fourth-order valence-electron chi connectivity index (χ4n) is 1.74. The summed E-state index contributed by atoms with van der Waals surface area (Å²) in [6.45, 7) is 1.89. The second kappa shape index (κ2) is 2.98. The van der Waals surface area contributed by atoms with Gasteiger partial charge in [0.15, 0.2) is 0 Å². The number of fused-ring (bicyclic) bond motifs is 3. The highest BCUT2D eigenvalue weighted by atomic mass is 14.9. The average Bonchev–Trinajstić information content (AvgIpc) is 2.28. The number of aromatic nitrogens is 3. The van der Waals surface area contributed by atoms with Gasteiger partial charge in [-0.2, -0.15) is 0 Å². The minimum Gasteiger partial charge on any atom is -0.255 e. The van der Waals surface area contributed by atoms with Crippen LogP contribution in [0.5, 0.6) is 0 Å². The monoisotopic (exact) mass is 195 g/mol. The Labute approximate surface area is 86.8 Å². The fourth-order valence-corrected chi connectivity index (χ4v) is 1.74. The third-order valence-corrected chi connectivity index (χ3v) is 2.45. The Morgan fingerprint density at radius 2 is 2.00 bits per heavy atom. The van der Waals surface area contributed by atoms with Crippen molar-refractivity contribution in [1.82, 2.24) is 15.0 Å². The molecule has 0 aliphatic heterocycles. The SMILES string of the molecule is Cc1ncc2c(ccc3cccnc32)n1. The van der Waals surface area contributed by atoms with E-state index in [9.17, 15) is 0 Å². The number of hydrogen-bond donors (Lipinski definition) is 0. The van der Waals surface area contributed by atoms with Gasteiger partial charge in [0.2, 0.25) is 0 Å². The van der Waals surface area contributed by atoms with Gasteiger partial charge < -0.3 is 0 Å². The van der Waals surface area contributed by atoms with Gasteiger partial charge in [0.1, 0.15) is 5.82 Å². The number of aryl methyl sites for hydroxylation is 1. The van der Waals surface area contributed by atoms with Gasteiger partial charge >= 0.3 is 0 Å². The van der Waals surface area contributed by atoms with Crippen LogP contribution in [0, 0.1) is 6.92 Å². The maximum Gasteiger partial charge on any atom is 0.125 e. The van der Waals surface area contributed by atoms with Crippen molar-refractivity contribution >= 4 is 21.8 Å². The minimum atomic E-state index is 0.790. The molecule has 3 nitrogen and oxygen atoms in total. The topological polar surface area (TPSA) is 38.7 Å². The number of rotatable bonds is 0. The second-order valence-corrected chi connectivity index (χ2v) is 3.49. The van der Waals surface area contributed by atoms with E-state index in [1.54, 1.807) is 6.20 Å². The van der Waals surface area contributed by atoms with Crippen molar-refractivity contribution in [2.75, 3.05) is 0 Å². The van der Waals surface area contributed by atoms with Crippen molar-refractivity contribution in [3.05, 3.63) is 42.5 Å². The van der Waals surface area contributed by atoms with Gasteiger partial charge in [0.05, 0.1) is 11.0 Å². The maximum atomic E-state index is 4.37. The molecule has 0 saturated heterocycles. The maximum absolute atomic E-state index is 4.37. The molecule has 15 heavy (non-hydrogen) atoms. The summed E-state index contributed by atoms with van der Waals surface area (Å²) >= 11 is 0. The molecule has 0 radical (unpaired) electrons. The average molecular weight is 195 g/mol. The van der Waals surface area contributed by atoms with Crippen LogP contribution in [0.3, 0.4) is 0 Å². The highest BCUT2D eigenvalue weighted by Crippen LogP contribution is 2.20. The van der Waals surface area contributed by atoms with Gasteiger partial charge in [-0.25, -0.2) is 9.97 Å². The zero-order chi connectivity index (χ0) is 10.3. The Hall–Kier alpha value is -2.03. The van der Waals surface area contributed by atoms with Gasteiger partial charge in [-0.1, -0.05) is 12.1 Å². The Bertz CT molecular complexity index is 646. The van der Waals surface area contributed by atoms with Gasteiger partial charge in [0.25, 0.3) is 0 Å². The summed E-state index contributed by atoms with van der Waals surface area (Å²) in [6, 6.07) is 8.02. The van der Waals surface area contributed by atoms with Crippen LogP contribution in [0.15, 0.2) is 36.7 Å². The van der Waals surface area contributed by atoms with Gasteiger partial charge in [0, 0.05) is 23.2 Å². The molecule has 0 fully saturated rings. The molecule has 2 aromatic heterocycles. The summed E-state index contributed by atoms with van der Waals surface area (Å²) in [5.74, 6) is 0.790. The lowest BCUT2D eigenvalue weighted by Crippen LogP contribution is -1.89. The summed E-state index contributed by atoms with van der Waals surface area (Å²) < 4.78 is 0. The Kier molecular flexibility index (Phi) is 1.65. The van der Waals surface area contributed by atoms with E-state index in [1.165, 1.54) is 0 Å². The molecule has 2 heterocycles. The van der Waals surface area contributed by atoms with Crippen LogP contribution in [0.2, 0.25) is 0 Å². The van der Waals surface area contributed by atoms with Gasteiger partial charge in [-0.05, 0) is 19.1 Å². The lowest BCUT2D eigenvalue weighted by molar-refractivity contribution is 1.09. The summed E-state index contributed by atoms with van der Waals surface area (Å²) in [6.07, 6.45) is 3.63. The molecular weight excluding hydrogens is 186 g/mol. The van der Waals surface area contributed by atoms with E-state index in [0.29, 0.717) is 0 Å². The lowest BCUT2D eigenvalue weighted by atomic mass is 10.1. The standard InChI is InChI=1S/C12H9N3/c1-8-14-7-10-11(15-8)5-4-9-3-2-6-13-12(9)10/h2-7H,1H3. The van der Waals surface area contributed by atoms with E-state index in [0.717, 1.165) is 27.6 Å². The molecule has 0 amide bonds. The Morgan fingerprint density at radius 3 is 2.93 bits per heavy atom. The molecule has 0 atom stereocenters. The first-order chi connectivity index (χ1) is 7.34. The molecule has 0 aliphatic carbocycles. The van der Waals surface area contributed by atoms with E-state index < -0.39 is 0 Å². The molecule has 0 saturated carbocycles. The first kappa shape index (κ1) is 8.29. The van der Waals surface area contributed by atoms with Crippen LogP contribution in [-0.4, -0.2) is 15.0 Å². The second-order valence-electron chi connectivity index (χ2n) is 3.49. The predicted octanol–water partition coefficient (Wildman–Crippen LogP) is 2.49. The number of hydrogen-bond acceptors (Lipinski definition) is 3. The van der Waals surface area contributed by atoms with Gasteiger partial charge in [-0.3, -0.25) is 4.98 Å². The van der Waals surface area contributed by atoms with Crippen molar-refractivity contribution in [3.63, 3.8) is 0 Å². The highest BCUT2D eigenvalue weighted by Gasteiger charge is 2.02. The Morgan fingerprint density at radius 1 is 1.07 bits per heavy atom. The quantitative estimate of drug-likeness (QED) is 0.517. The lowest BCUT2D eigenvalue weighted by Gasteiger charge is -2.01. The van der Waals surface area contributed by atoms with E-state index in [2.05, 4.69) is 15.0 Å². The Balaban J connectivity index is 2.55. The zero-order valence-corrected chi connectivity index (χ0v) is 8.31. The summed E-state index contributed by atoms with van der Waals surface area (Å²) in [5.41, 5.74) is 1.92. The molecule has 3 heteroatoms. The molecule has 3 rings (SSSR count). The minimum absolute atomic E-state index is 0.790. The molecule has 0 aliphatic rings. The third-order valence-electron chi connectivity index (χ3n) is 2.45. The van der Waals surface area contributed by atoms with Crippen LogP contribution in [0.1, 0.15) is 5.82 Å². The van der Waals surface area contributed by atoms with Crippen LogP contribution in [0.25, 0.3) is 21.8 Å². The summed E-state index contributed by atoms with van der Waals surface area (Å²) in [5, 5.41) is 2.14. The highest BCUT2D eigenvalue weighted by molar-refractivity contribution is 6.02. The summed E-state index contributed by atoms with van der Waals surface area (Å²) in [4.78, 5) is 12.9. The number of pyridine rings is 1. The third kappa shape index (κ3) is 1.24. The number of nitrogens with zero attached hydrogens (tertiary/aromatic N) is 3. The first-order valence-corrected chi connectivity index (χ1v) is 4.82. The molecule has 0 bridgehead atoms. The van der Waals surface area contributed by atoms with Crippen molar-refractivity contribution < 1.29 is 0 Å². The molecule has 1 aromatic carbocycles. The van der Waals surface area contributed by atoms with Crippen molar-refractivity contribution in [1.29, 1.82) is 0 Å². The van der Waals surface area contributed by atoms with Gasteiger partial charge in [-0.15, -0.1) is 0 Å². The smallest absolute Gasteiger partial charge is 0.125 e. The van der Waals surface area contributed by atoms with Crippen LogP contribution in [-0.2, 0) is 0 Å². The molecular formula is C12H9N3. The van der Waals surface area contributed by atoms with Crippen molar-refractivity contribution in [2.45, 2.75) is 6.92 Å². The molecule has 0 unspecified atom stereocenters. The predicted molar refractivity (Wildman–Crippen MR) is 59.6 cm³/mol. The zero-order valence-electron chi connectivity index (χ0n) is 8.31. The summed E-state index contributed by atoms with van der Waals surface area (Å²) in [7, 11) is 0. The first-order valence-electron chi connectivity index (χ1n) is 4.82. The van der Waals surface area contributed by atoms with Crippen molar-refractivity contribution in [3.8, 4) is 0 Å². The van der Waals surface area contributed by atoms with Crippen molar-refractivity contribution in [2.24, 2.45) is 0 Å². The molecule has 0 spiro atoms. The van der Waals surface area contributed by atoms with Crippen LogP contribution < -0.4 is 0 Å². The van der Waals surface area contributed by atoms with E-state index >= 15 is 0 Å². The number of benzene rings is 1. The molecule has 0 N–H and O–H groups in total. The van der Waals surface area contributed by atoms with Crippen LogP contribution in [0.4, 0.5) is 0 Å². The molecule has 3 aromatic rings. The van der Waals surface area contributed by atoms with E-state index in [4.69, 9.17) is 0 Å². The molecule has 72 valence electrons. The largest absolute Gasteiger partial charge is 0.255 e. The van der Waals surface area contributed by atoms with E-state index in [1.807, 2.05) is 37.4 Å². The fraction of sp³-hybridized carbons (Fsp3) is 0.0833. The van der Waals surface area contributed by atoms with Crippen LogP contribution >= 0.6 is 0 Å².